The van der Waals surface area contributed by atoms with Crippen molar-refractivity contribution in [3.63, 3.8) is 0 Å². The lowest BCUT2D eigenvalue weighted by Crippen LogP contribution is -2.13. The van der Waals surface area contributed by atoms with Crippen molar-refractivity contribution in [3.05, 3.63) is 21.3 Å². The molecule has 5 nitrogen and oxygen atoms in total. The Bertz CT molecular complexity index is 467. The first kappa shape index (κ1) is 18.7. The first-order chi connectivity index (χ1) is 10.2. The van der Waals surface area contributed by atoms with E-state index in [0.29, 0.717) is 43.5 Å². The van der Waals surface area contributed by atoms with E-state index in [1.807, 2.05) is 6.07 Å². The summed E-state index contributed by atoms with van der Waals surface area (Å²) in [5, 5.41) is 0.228. The molecule has 0 bridgehead atoms. The topological polar surface area (TPSA) is 54.0 Å². The van der Waals surface area contributed by atoms with Crippen molar-refractivity contribution in [2.24, 2.45) is 0 Å². The number of hydrogen-bond acceptors (Lipinski definition) is 5. The van der Waals surface area contributed by atoms with E-state index in [0.717, 1.165) is 3.57 Å². The van der Waals surface area contributed by atoms with Crippen molar-refractivity contribution in [2.75, 3.05) is 46.0 Å². The molecular weight excluding hydrogens is 455 g/mol. The zero-order valence-corrected chi connectivity index (χ0v) is 15.7. The smallest absolute Gasteiger partial charge is 0.177 e. The molecule has 7 heteroatoms. The van der Waals surface area contributed by atoms with Crippen LogP contribution in [0.1, 0.15) is 10.4 Å². The van der Waals surface area contributed by atoms with Crippen molar-refractivity contribution >= 4 is 44.3 Å². The molecule has 0 saturated heterocycles. The number of Topliss-reactive ketones (excluding diaryl/α,β-unsaturated/α-hetero) is 1. The van der Waals surface area contributed by atoms with Gasteiger partial charge in [0.1, 0.15) is 13.2 Å². The Morgan fingerprint density at radius 3 is 2.14 bits per heavy atom. The maximum Gasteiger partial charge on any atom is 0.177 e. The third-order valence-electron chi connectivity index (χ3n) is 2.55. The molecule has 0 fully saturated rings. The number of hydrogen-bond donors (Lipinski definition) is 0. The molecule has 0 unspecified atom stereocenters. The Morgan fingerprint density at radius 1 is 1.05 bits per heavy atom. The van der Waals surface area contributed by atoms with Crippen LogP contribution in [-0.4, -0.2) is 51.8 Å². The number of ketones is 1. The van der Waals surface area contributed by atoms with Crippen LogP contribution in [0.2, 0.25) is 0 Å². The van der Waals surface area contributed by atoms with E-state index in [-0.39, 0.29) is 11.1 Å². The quantitative estimate of drug-likeness (QED) is 0.227. The highest BCUT2D eigenvalue weighted by Crippen LogP contribution is 2.36. The van der Waals surface area contributed by atoms with Crippen molar-refractivity contribution < 1.29 is 23.7 Å². The molecule has 0 saturated carbocycles. The Hall–Kier alpha value is -0.380. The Balaban J connectivity index is 3.07. The Morgan fingerprint density at radius 2 is 1.62 bits per heavy atom. The number of halogens is 2. The van der Waals surface area contributed by atoms with E-state index in [1.54, 1.807) is 20.3 Å². The van der Waals surface area contributed by atoms with Gasteiger partial charge in [-0.1, -0.05) is 15.9 Å². The molecular formula is C14H18BrIO5. The first-order valence-corrected chi connectivity index (χ1v) is 8.50. The van der Waals surface area contributed by atoms with Crippen LogP contribution >= 0.6 is 38.5 Å². The van der Waals surface area contributed by atoms with E-state index < -0.39 is 0 Å². The van der Waals surface area contributed by atoms with E-state index in [4.69, 9.17) is 18.9 Å². The average Bonchev–Trinajstić information content (AvgIpc) is 2.49. The van der Waals surface area contributed by atoms with Gasteiger partial charge in [0, 0.05) is 14.2 Å². The van der Waals surface area contributed by atoms with Gasteiger partial charge in [0.2, 0.25) is 0 Å². The second-order valence-corrected chi connectivity index (χ2v) is 5.72. The maximum absolute atomic E-state index is 12.0. The third kappa shape index (κ3) is 5.72. The predicted octanol–water partition coefficient (Wildman–Crippen LogP) is 2.92. The first-order valence-electron chi connectivity index (χ1n) is 6.30. The van der Waals surface area contributed by atoms with Crippen LogP contribution < -0.4 is 9.47 Å². The van der Waals surface area contributed by atoms with Crippen LogP contribution in [0.4, 0.5) is 0 Å². The van der Waals surface area contributed by atoms with Crippen molar-refractivity contribution in [1.29, 1.82) is 0 Å². The average molecular weight is 473 g/mol. The number of alkyl halides is 1. The third-order valence-corrected chi connectivity index (χ3v) is 3.91. The summed E-state index contributed by atoms with van der Waals surface area (Å²) in [6.45, 7) is 1.63. The van der Waals surface area contributed by atoms with E-state index in [9.17, 15) is 4.79 Å². The molecule has 0 aliphatic rings. The van der Waals surface area contributed by atoms with Gasteiger partial charge in [-0.3, -0.25) is 4.79 Å². The highest BCUT2D eigenvalue weighted by molar-refractivity contribution is 14.1. The van der Waals surface area contributed by atoms with Crippen LogP contribution in [0.15, 0.2) is 12.1 Å². The van der Waals surface area contributed by atoms with Crippen LogP contribution in [0.25, 0.3) is 0 Å². The van der Waals surface area contributed by atoms with Gasteiger partial charge in [-0.25, -0.2) is 0 Å². The minimum atomic E-state index is -0.0598. The van der Waals surface area contributed by atoms with Gasteiger partial charge >= 0.3 is 0 Å². The van der Waals surface area contributed by atoms with E-state index in [2.05, 4.69) is 38.5 Å². The number of benzene rings is 1. The van der Waals surface area contributed by atoms with Crippen molar-refractivity contribution in [1.82, 2.24) is 0 Å². The van der Waals surface area contributed by atoms with Crippen LogP contribution in [0, 0.1) is 3.57 Å². The maximum atomic E-state index is 12.0. The largest absolute Gasteiger partial charge is 0.486 e. The highest BCUT2D eigenvalue weighted by Gasteiger charge is 2.19. The second-order valence-electron chi connectivity index (χ2n) is 3.99. The molecule has 0 aromatic heterocycles. The van der Waals surface area contributed by atoms with Crippen molar-refractivity contribution in [3.8, 4) is 11.5 Å². The van der Waals surface area contributed by atoms with Crippen LogP contribution in [0.5, 0.6) is 11.5 Å². The molecule has 0 spiro atoms. The monoisotopic (exact) mass is 472 g/mol. The lowest BCUT2D eigenvalue weighted by molar-refractivity contribution is 0.101. The molecule has 0 amide bonds. The number of carbonyl (C=O) groups is 1. The van der Waals surface area contributed by atoms with Gasteiger partial charge in [-0.05, 0) is 34.7 Å². The summed E-state index contributed by atoms with van der Waals surface area (Å²) in [4.78, 5) is 12.0. The Kier molecular flexibility index (Phi) is 9.21. The highest BCUT2D eigenvalue weighted by atomic mass is 127. The lowest BCUT2D eigenvalue weighted by atomic mass is 10.1. The summed E-state index contributed by atoms with van der Waals surface area (Å²) in [5.74, 6) is 0.963. The SMILES string of the molecule is COCCOc1c(I)ccc(C(=O)CBr)c1OCCOC. The molecule has 1 aromatic rings. The summed E-state index contributed by atoms with van der Waals surface area (Å²) in [7, 11) is 3.20. The molecule has 1 rings (SSSR count). The number of carbonyl (C=O) groups excluding carboxylic acids is 1. The number of rotatable bonds is 10. The molecule has 0 radical (unpaired) electrons. The lowest BCUT2D eigenvalue weighted by Gasteiger charge is -2.17. The molecule has 118 valence electrons. The van der Waals surface area contributed by atoms with Gasteiger partial charge in [-0.15, -0.1) is 0 Å². The normalized spacial score (nSPS) is 10.5. The Labute approximate surface area is 146 Å². The molecule has 1 aromatic carbocycles. The summed E-state index contributed by atoms with van der Waals surface area (Å²) < 4.78 is 22.2. The minimum Gasteiger partial charge on any atom is -0.486 e. The molecule has 0 atom stereocenters. The fraction of sp³-hybridized carbons (Fsp3) is 0.500. The molecule has 0 N–H and O–H groups in total. The van der Waals surface area contributed by atoms with Gasteiger partial charge in [0.25, 0.3) is 0 Å². The summed E-state index contributed by atoms with van der Waals surface area (Å²) in [5.41, 5.74) is 0.496. The predicted molar refractivity (Wildman–Crippen MR) is 92.0 cm³/mol. The van der Waals surface area contributed by atoms with Crippen LogP contribution in [0.3, 0.4) is 0 Å². The molecule has 21 heavy (non-hydrogen) atoms. The van der Waals surface area contributed by atoms with Crippen LogP contribution in [-0.2, 0) is 9.47 Å². The van der Waals surface area contributed by atoms with Gasteiger partial charge < -0.3 is 18.9 Å². The summed E-state index contributed by atoms with van der Waals surface area (Å²) in [6.07, 6.45) is 0. The van der Waals surface area contributed by atoms with Gasteiger partial charge in [0.15, 0.2) is 17.3 Å². The molecule has 0 aliphatic heterocycles. The van der Waals surface area contributed by atoms with Crippen molar-refractivity contribution in [2.45, 2.75) is 0 Å². The van der Waals surface area contributed by atoms with E-state index >= 15 is 0 Å². The second kappa shape index (κ2) is 10.4. The fourth-order valence-corrected chi connectivity index (χ4v) is 2.44. The number of methoxy groups -OCH3 is 2. The minimum absolute atomic E-state index is 0.0598. The zero-order chi connectivity index (χ0) is 15.7. The molecule has 0 heterocycles. The summed E-state index contributed by atoms with van der Waals surface area (Å²) in [6, 6.07) is 3.58. The fourth-order valence-electron chi connectivity index (χ4n) is 1.56. The summed E-state index contributed by atoms with van der Waals surface area (Å²) >= 11 is 5.33. The van der Waals surface area contributed by atoms with E-state index in [1.165, 1.54) is 0 Å². The number of ether oxygens (including phenoxy) is 4. The van der Waals surface area contributed by atoms with Gasteiger partial charge in [0.05, 0.1) is 27.7 Å². The zero-order valence-electron chi connectivity index (χ0n) is 12.0. The standard InChI is InChI=1S/C14H18BrIO5/c1-18-5-7-20-13-10(12(17)9-15)3-4-11(16)14(13)21-8-6-19-2/h3-4H,5-9H2,1-2H3. The molecule has 0 aliphatic carbocycles. The van der Waals surface area contributed by atoms with Gasteiger partial charge in [-0.2, -0.15) is 0 Å².